The Morgan fingerprint density at radius 2 is 2.10 bits per heavy atom. The Morgan fingerprint density at radius 1 is 1.33 bits per heavy atom. The number of imide groups is 1. The van der Waals surface area contributed by atoms with E-state index in [1.165, 1.54) is 4.90 Å². The maximum atomic E-state index is 12.4. The Hall–Kier alpha value is -1.51. The molecule has 0 aliphatic carbocycles. The summed E-state index contributed by atoms with van der Waals surface area (Å²) in [4.78, 5) is 37.6. The first kappa shape index (κ1) is 15.9. The van der Waals surface area contributed by atoms with E-state index in [-0.39, 0.29) is 11.9 Å². The highest BCUT2D eigenvalue weighted by Crippen LogP contribution is 2.20. The highest BCUT2D eigenvalue weighted by Gasteiger charge is 2.38. The number of carbonyl (C=O) groups excluding carboxylic acids is 3. The summed E-state index contributed by atoms with van der Waals surface area (Å²) in [5.41, 5.74) is 5.35. The summed E-state index contributed by atoms with van der Waals surface area (Å²) < 4.78 is 0. The van der Waals surface area contributed by atoms with Crippen LogP contribution in [0.15, 0.2) is 0 Å². The van der Waals surface area contributed by atoms with E-state index in [0.717, 1.165) is 25.8 Å². The van der Waals surface area contributed by atoms with Gasteiger partial charge in [-0.1, -0.05) is 0 Å². The molecule has 2 aliphatic rings. The van der Waals surface area contributed by atoms with Gasteiger partial charge in [0.15, 0.2) is 0 Å². The molecule has 0 aromatic heterocycles. The molecule has 8 nitrogen and oxygen atoms in total. The van der Waals surface area contributed by atoms with Crippen LogP contribution >= 0.6 is 0 Å². The Morgan fingerprint density at radius 3 is 2.71 bits per heavy atom. The lowest BCUT2D eigenvalue weighted by atomic mass is 10.1. The van der Waals surface area contributed by atoms with Gasteiger partial charge in [0.1, 0.15) is 12.1 Å². The van der Waals surface area contributed by atoms with Gasteiger partial charge >= 0.3 is 0 Å². The van der Waals surface area contributed by atoms with Crippen molar-refractivity contribution in [3.05, 3.63) is 0 Å². The van der Waals surface area contributed by atoms with Crippen LogP contribution in [0.25, 0.3) is 0 Å². The molecular weight excluding hydrogens is 276 g/mol. The van der Waals surface area contributed by atoms with Gasteiger partial charge in [0.05, 0.1) is 12.6 Å². The van der Waals surface area contributed by atoms with Gasteiger partial charge in [-0.25, -0.2) is 0 Å². The highest BCUT2D eigenvalue weighted by atomic mass is 16.3. The van der Waals surface area contributed by atoms with E-state index in [0.29, 0.717) is 13.0 Å². The van der Waals surface area contributed by atoms with Crippen molar-refractivity contribution in [2.75, 3.05) is 19.7 Å². The van der Waals surface area contributed by atoms with Gasteiger partial charge in [0, 0.05) is 6.54 Å². The third-order valence-corrected chi connectivity index (χ3v) is 3.98. The van der Waals surface area contributed by atoms with E-state index < -0.39 is 30.5 Å². The summed E-state index contributed by atoms with van der Waals surface area (Å²) in [6.45, 7) is 0.804. The number of rotatable bonds is 4. The Balaban J connectivity index is 1.96. The molecule has 0 aromatic rings. The lowest BCUT2D eigenvalue weighted by molar-refractivity contribution is -0.142. The topological polar surface area (TPSA) is 125 Å². The fourth-order valence-electron chi connectivity index (χ4n) is 2.78. The number of nitrogens with zero attached hydrogens (tertiary/aromatic N) is 1. The monoisotopic (exact) mass is 298 g/mol. The molecule has 0 spiro atoms. The molecule has 0 radical (unpaired) electrons. The second-order valence-corrected chi connectivity index (χ2v) is 5.48. The number of amides is 3. The third kappa shape index (κ3) is 3.58. The normalized spacial score (nSPS) is 26.7. The molecule has 2 rings (SSSR count). The van der Waals surface area contributed by atoms with Crippen molar-refractivity contribution < 1.29 is 19.5 Å². The number of nitrogens with one attached hydrogen (secondary N) is 2. The fourth-order valence-corrected chi connectivity index (χ4v) is 2.78. The molecule has 3 atom stereocenters. The van der Waals surface area contributed by atoms with Gasteiger partial charge in [-0.3, -0.25) is 19.7 Å². The summed E-state index contributed by atoms with van der Waals surface area (Å²) in [7, 11) is 0. The molecule has 5 N–H and O–H groups in total. The van der Waals surface area contributed by atoms with E-state index in [1.54, 1.807) is 0 Å². The predicted octanol–water partition coefficient (Wildman–Crippen LogP) is -2.31. The second kappa shape index (κ2) is 6.97. The molecule has 0 unspecified atom stereocenters. The van der Waals surface area contributed by atoms with Crippen molar-refractivity contribution >= 4 is 17.7 Å². The van der Waals surface area contributed by atoms with Gasteiger partial charge in [-0.15, -0.1) is 0 Å². The van der Waals surface area contributed by atoms with E-state index in [1.807, 2.05) is 0 Å². The van der Waals surface area contributed by atoms with Crippen molar-refractivity contribution in [1.29, 1.82) is 0 Å². The average Bonchev–Trinajstić information content (AvgIpc) is 3.16. The first-order valence-electron chi connectivity index (χ1n) is 7.29. The smallest absolute Gasteiger partial charge is 0.249 e. The molecule has 21 heavy (non-hydrogen) atoms. The van der Waals surface area contributed by atoms with Crippen molar-refractivity contribution in [3.63, 3.8) is 0 Å². The summed E-state index contributed by atoms with van der Waals surface area (Å²) >= 11 is 0. The number of nitrogens with two attached hydrogens (primary N) is 1. The van der Waals surface area contributed by atoms with E-state index >= 15 is 0 Å². The van der Waals surface area contributed by atoms with Crippen molar-refractivity contribution in [3.8, 4) is 0 Å². The first-order valence-corrected chi connectivity index (χ1v) is 7.29. The number of carbonyl (C=O) groups is 3. The summed E-state index contributed by atoms with van der Waals surface area (Å²) in [6, 6.07) is -1.99. The van der Waals surface area contributed by atoms with Crippen LogP contribution in [-0.4, -0.2) is 65.5 Å². The van der Waals surface area contributed by atoms with Gasteiger partial charge in [0.2, 0.25) is 17.7 Å². The molecule has 2 heterocycles. The van der Waals surface area contributed by atoms with E-state index in [4.69, 9.17) is 10.8 Å². The molecule has 0 saturated carbocycles. The summed E-state index contributed by atoms with van der Waals surface area (Å²) in [6.07, 6.45) is 2.99. The molecule has 118 valence electrons. The zero-order valence-corrected chi connectivity index (χ0v) is 11.9. The van der Waals surface area contributed by atoms with Crippen LogP contribution in [0.5, 0.6) is 0 Å². The standard InChI is InChI=1S/C13H22N4O4/c14-8(7-18)11(19)16-12(20)10-4-2-6-17(10)13(21)9-3-1-5-15-9/h8-10,15,18H,1-7,14H2,(H,16,19,20)/t8-,9-,10-/m0/s1. The Labute approximate surface area is 123 Å². The maximum Gasteiger partial charge on any atom is 0.249 e. The lowest BCUT2D eigenvalue weighted by Gasteiger charge is -2.26. The molecule has 2 saturated heterocycles. The molecule has 0 bridgehead atoms. The number of hydrogen-bond donors (Lipinski definition) is 4. The Kier molecular flexibility index (Phi) is 5.27. The van der Waals surface area contributed by atoms with Crippen LogP contribution in [0.1, 0.15) is 25.7 Å². The minimum atomic E-state index is -1.13. The van der Waals surface area contributed by atoms with Crippen molar-refractivity contribution in [1.82, 2.24) is 15.5 Å². The predicted molar refractivity (Wildman–Crippen MR) is 74.0 cm³/mol. The van der Waals surface area contributed by atoms with Crippen LogP contribution in [0.2, 0.25) is 0 Å². The number of likely N-dealkylation sites (tertiary alicyclic amines) is 1. The quantitative estimate of drug-likeness (QED) is 0.462. The molecular formula is C13H22N4O4. The summed E-state index contributed by atoms with van der Waals surface area (Å²) in [5.74, 6) is -1.32. The van der Waals surface area contributed by atoms with Crippen LogP contribution < -0.4 is 16.4 Å². The van der Waals surface area contributed by atoms with Crippen LogP contribution in [0, 0.1) is 0 Å². The first-order chi connectivity index (χ1) is 10.0. The summed E-state index contributed by atoms with van der Waals surface area (Å²) in [5, 5.41) is 14.1. The van der Waals surface area contributed by atoms with E-state index in [2.05, 4.69) is 10.6 Å². The molecule has 0 aromatic carbocycles. The van der Waals surface area contributed by atoms with Crippen LogP contribution in [0.3, 0.4) is 0 Å². The number of aliphatic hydroxyl groups is 1. The van der Waals surface area contributed by atoms with Gasteiger partial charge in [-0.05, 0) is 32.2 Å². The second-order valence-electron chi connectivity index (χ2n) is 5.48. The average molecular weight is 298 g/mol. The fraction of sp³-hybridized carbons (Fsp3) is 0.769. The SMILES string of the molecule is N[C@@H](CO)C(=O)NC(=O)[C@@H]1CCCN1C(=O)[C@@H]1CCCN1. The Bertz CT molecular complexity index is 422. The number of hydrogen-bond acceptors (Lipinski definition) is 6. The van der Waals surface area contributed by atoms with Gasteiger partial charge in [0.25, 0.3) is 0 Å². The van der Waals surface area contributed by atoms with E-state index in [9.17, 15) is 14.4 Å². The van der Waals surface area contributed by atoms with Gasteiger partial charge < -0.3 is 21.1 Å². The zero-order chi connectivity index (χ0) is 15.4. The van der Waals surface area contributed by atoms with Crippen LogP contribution in [-0.2, 0) is 14.4 Å². The zero-order valence-electron chi connectivity index (χ0n) is 11.9. The maximum absolute atomic E-state index is 12.4. The highest BCUT2D eigenvalue weighted by molar-refractivity contribution is 6.01. The van der Waals surface area contributed by atoms with Gasteiger partial charge in [-0.2, -0.15) is 0 Å². The lowest BCUT2D eigenvalue weighted by Crippen LogP contribution is -2.54. The largest absolute Gasteiger partial charge is 0.394 e. The minimum Gasteiger partial charge on any atom is -0.394 e. The molecule has 8 heteroatoms. The third-order valence-electron chi connectivity index (χ3n) is 3.98. The van der Waals surface area contributed by atoms with Crippen LogP contribution in [0.4, 0.5) is 0 Å². The number of aliphatic hydroxyl groups excluding tert-OH is 1. The molecule has 2 aliphatic heterocycles. The molecule has 2 fully saturated rings. The van der Waals surface area contributed by atoms with Crippen molar-refractivity contribution in [2.24, 2.45) is 5.73 Å². The van der Waals surface area contributed by atoms with Crippen molar-refractivity contribution in [2.45, 2.75) is 43.8 Å². The molecule has 3 amide bonds. The minimum absolute atomic E-state index is 0.0796.